The van der Waals surface area contributed by atoms with Gasteiger partial charge in [-0.15, -0.1) is 0 Å². The SMILES string of the molecule is N[C@H](CC(=O)O)c1cnc(-c2cccc(Cl)c2)nc1. The summed E-state index contributed by atoms with van der Waals surface area (Å²) in [4.78, 5) is 18.9. The van der Waals surface area contributed by atoms with E-state index in [0.29, 0.717) is 16.4 Å². The Morgan fingerprint density at radius 2 is 2.05 bits per heavy atom. The van der Waals surface area contributed by atoms with Gasteiger partial charge in [0.05, 0.1) is 6.42 Å². The Bertz CT molecular complexity index is 587. The second-order valence-electron chi connectivity index (χ2n) is 4.05. The number of carboxylic acid groups (broad SMARTS) is 1. The van der Waals surface area contributed by atoms with Gasteiger partial charge in [0.25, 0.3) is 0 Å². The fourth-order valence-corrected chi connectivity index (χ4v) is 1.80. The number of nitrogens with zero attached hydrogens (tertiary/aromatic N) is 2. The molecule has 3 N–H and O–H groups in total. The first-order valence-electron chi connectivity index (χ1n) is 5.61. The number of aromatic nitrogens is 2. The average Bonchev–Trinajstić information content (AvgIpc) is 2.38. The highest BCUT2D eigenvalue weighted by Gasteiger charge is 2.12. The summed E-state index contributed by atoms with van der Waals surface area (Å²) < 4.78 is 0. The van der Waals surface area contributed by atoms with Crippen LogP contribution in [0.2, 0.25) is 5.02 Å². The molecule has 0 aliphatic heterocycles. The van der Waals surface area contributed by atoms with Crippen LogP contribution < -0.4 is 5.73 Å². The van der Waals surface area contributed by atoms with Crippen LogP contribution in [0.25, 0.3) is 11.4 Å². The maximum atomic E-state index is 10.6. The highest BCUT2D eigenvalue weighted by molar-refractivity contribution is 6.30. The predicted octanol–water partition coefficient (Wildman–Crippen LogP) is 2.27. The van der Waals surface area contributed by atoms with Crippen LogP contribution in [0.5, 0.6) is 0 Å². The molecule has 1 atom stereocenters. The average molecular weight is 278 g/mol. The fourth-order valence-electron chi connectivity index (χ4n) is 1.61. The second kappa shape index (κ2) is 5.77. The van der Waals surface area contributed by atoms with E-state index in [9.17, 15) is 4.79 Å². The van der Waals surface area contributed by atoms with Crippen molar-refractivity contribution >= 4 is 17.6 Å². The zero-order chi connectivity index (χ0) is 13.8. The van der Waals surface area contributed by atoms with Gasteiger partial charge in [0, 0.05) is 34.6 Å². The normalized spacial score (nSPS) is 12.1. The van der Waals surface area contributed by atoms with Crippen LogP contribution in [0.15, 0.2) is 36.7 Å². The molecule has 0 bridgehead atoms. The molecule has 2 aromatic rings. The van der Waals surface area contributed by atoms with Gasteiger partial charge in [-0.25, -0.2) is 9.97 Å². The molecule has 0 aliphatic carbocycles. The summed E-state index contributed by atoms with van der Waals surface area (Å²) in [6.45, 7) is 0. The van der Waals surface area contributed by atoms with Gasteiger partial charge in [-0.05, 0) is 12.1 Å². The molecule has 0 spiro atoms. The third kappa shape index (κ3) is 3.49. The lowest BCUT2D eigenvalue weighted by Gasteiger charge is -2.08. The van der Waals surface area contributed by atoms with E-state index in [0.717, 1.165) is 5.56 Å². The van der Waals surface area contributed by atoms with Crippen molar-refractivity contribution in [2.75, 3.05) is 0 Å². The van der Waals surface area contributed by atoms with Crippen molar-refractivity contribution in [3.8, 4) is 11.4 Å². The summed E-state index contributed by atoms with van der Waals surface area (Å²) in [7, 11) is 0. The molecule has 5 nitrogen and oxygen atoms in total. The number of carboxylic acids is 1. The van der Waals surface area contributed by atoms with Crippen LogP contribution in [-0.2, 0) is 4.79 Å². The number of aliphatic carboxylic acids is 1. The molecule has 0 radical (unpaired) electrons. The van der Waals surface area contributed by atoms with Crippen molar-refractivity contribution in [3.05, 3.63) is 47.2 Å². The van der Waals surface area contributed by atoms with Crippen molar-refractivity contribution in [1.82, 2.24) is 9.97 Å². The van der Waals surface area contributed by atoms with E-state index in [1.807, 2.05) is 12.1 Å². The molecule has 98 valence electrons. The third-order valence-electron chi connectivity index (χ3n) is 2.58. The topological polar surface area (TPSA) is 89.1 Å². The van der Waals surface area contributed by atoms with Crippen LogP contribution >= 0.6 is 11.6 Å². The predicted molar refractivity (Wildman–Crippen MR) is 71.7 cm³/mol. The molecular weight excluding hydrogens is 266 g/mol. The number of hydrogen-bond donors (Lipinski definition) is 2. The first-order valence-corrected chi connectivity index (χ1v) is 5.99. The molecular formula is C13H12ClN3O2. The molecule has 0 saturated heterocycles. The van der Waals surface area contributed by atoms with E-state index in [-0.39, 0.29) is 6.42 Å². The maximum Gasteiger partial charge on any atom is 0.305 e. The molecule has 0 amide bonds. The summed E-state index contributed by atoms with van der Waals surface area (Å²) in [5.74, 6) is -0.430. The monoisotopic (exact) mass is 277 g/mol. The number of nitrogens with two attached hydrogens (primary N) is 1. The lowest BCUT2D eigenvalue weighted by atomic mass is 10.1. The van der Waals surface area contributed by atoms with Crippen LogP contribution in [0.1, 0.15) is 18.0 Å². The summed E-state index contributed by atoms with van der Waals surface area (Å²) in [6, 6.07) is 6.57. The van der Waals surface area contributed by atoms with E-state index >= 15 is 0 Å². The van der Waals surface area contributed by atoms with E-state index < -0.39 is 12.0 Å². The lowest BCUT2D eigenvalue weighted by Crippen LogP contribution is -2.15. The van der Waals surface area contributed by atoms with Crippen molar-refractivity contribution in [1.29, 1.82) is 0 Å². The number of hydrogen-bond acceptors (Lipinski definition) is 4. The summed E-state index contributed by atoms with van der Waals surface area (Å²) in [5, 5.41) is 9.28. The largest absolute Gasteiger partial charge is 0.481 e. The minimum Gasteiger partial charge on any atom is -0.481 e. The van der Waals surface area contributed by atoms with Crippen molar-refractivity contribution in [3.63, 3.8) is 0 Å². The van der Waals surface area contributed by atoms with E-state index in [4.69, 9.17) is 22.4 Å². The Balaban J connectivity index is 2.21. The smallest absolute Gasteiger partial charge is 0.305 e. The number of carbonyl (C=O) groups is 1. The molecule has 0 saturated carbocycles. The van der Waals surface area contributed by atoms with E-state index in [1.54, 1.807) is 12.1 Å². The molecule has 1 aromatic heterocycles. The lowest BCUT2D eigenvalue weighted by molar-refractivity contribution is -0.137. The molecule has 0 aliphatic rings. The summed E-state index contributed by atoms with van der Waals surface area (Å²) in [6.07, 6.45) is 2.92. The van der Waals surface area contributed by atoms with E-state index in [1.165, 1.54) is 12.4 Å². The Morgan fingerprint density at radius 1 is 1.37 bits per heavy atom. The maximum absolute atomic E-state index is 10.6. The van der Waals surface area contributed by atoms with Crippen LogP contribution in [0.4, 0.5) is 0 Å². The molecule has 1 heterocycles. The van der Waals surface area contributed by atoms with Gasteiger partial charge in [-0.3, -0.25) is 4.79 Å². The quantitative estimate of drug-likeness (QED) is 0.895. The first kappa shape index (κ1) is 13.5. The highest BCUT2D eigenvalue weighted by Crippen LogP contribution is 2.20. The molecule has 2 rings (SSSR count). The van der Waals surface area contributed by atoms with Gasteiger partial charge in [0.1, 0.15) is 0 Å². The van der Waals surface area contributed by atoms with Gasteiger partial charge in [-0.2, -0.15) is 0 Å². The number of rotatable bonds is 4. The van der Waals surface area contributed by atoms with Gasteiger partial charge in [0.2, 0.25) is 0 Å². The fraction of sp³-hybridized carbons (Fsp3) is 0.154. The molecule has 1 aromatic carbocycles. The molecule has 0 unspecified atom stereocenters. The Hall–Kier alpha value is -1.98. The van der Waals surface area contributed by atoms with Crippen molar-refractivity contribution in [2.24, 2.45) is 5.73 Å². The Kier molecular flexibility index (Phi) is 4.09. The van der Waals surface area contributed by atoms with Gasteiger partial charge in [0.15, 0.2) is 5.82 Å². The minimum atomic E-state index is -0.952. The van der Waals surface area contributed by atoms with Gasteiger partial charge >= 0.3 is 5.97 Å². The molecule has 19 heavy (non-hydrogen) atoms. The number of benzene rings is 1. The first-order chi connectivity index (χ1) is 9.06. The standard InChI is InChI=1S/C13H12ClN3O2/c14-10-3-1-2-8(4-10)13-16-6-9(7-17-13)11(15)5-12(18)19/h1-4,6-7,11H,5,15H2,(H,18,19)/t11-/m1/s1. The van der Waals surface area contributed by atoms with Crippen molar-refractivity contribution in [2.45, 2.75) is 12.5 Å². The van der Waals surface area contributed by atoms with Gasteiger partial charge < -0.3 is 10.8 Å². The zero-order valence-corrected chi connectivity index (χ0v) is 10.7. The Labute approximate surface area is 115 Å². The molecule has 6 heteroatoms. The second-order valence-corrected chi connectivity index (χ2v) is 4.49. The minimum absolute atomic E-state index is 0.153. The van der Waals surface area contributed by atoms with Crippen molar-refractivity contribution < 1.29 is 9.90 Å². The highest BCUT2D eigenvalue weighted by atomic mass is 35.5. The molecule has 0 fully saturated rings. The van der Waals surface area contributed by atoms with Gasteiger partial charge in [-0.1, -0.05) is 23.7 Å². The van der Waals surface area contributed by atoms with Crippen LogP contribution in [0.3, 0.4) is 0 Å². The van der Waals surface area contributed by atoms with Crippen LogP contribution in [-0.4, -0.2) is 21.0 Å². The van der Waals surface area contributed by atoms with E-state index in [2.05, 4.69) is 9.97 Å². The summed E-state index contributed by atoms with van der Waals surface area (Å²) in [5.41, 5.74) is 7.11. The van der Waals surface area contributed by atoms with Crippen LogP contribution in [0, 0.1) is 0 Å². The summed E-state index contributed by atoms with van der Waals surface area (Å²) >= 11 is 5.89. The Morgan fingerprint density at radius 3 is 2.63 bits per heavy atom. The number of halogens is 1. The third-order valence-corrected chi connectivity index (χ3v) is 2.81. The zero-order valence-electron chi connectivity index (χ0n) is 9.95.